The average molecular weight is 2600 g/mol. The molecule has 0 atom stereocenters. The molecule has 11 aromatic carbocycles. The van der Waals surface area contributed by atoms with Crippen LogP contribution in [0.1, 0.15) is 185 Å². The Balaban J connectivity index is 0.000000222. The molecule has 0 saturated carbocycles. The Morgan fingerprint density at radius 3 is 1.09 bits per heavy atom. The number of halogens is 1. The second-order valence-corrected chi connectivity index (χ2v) is 35.0. The smallest absolute Gasteiger partial charge is 0.0773 e. The second kappa shape index (κ2) is 46.6. The second-order valence-electron chi connectivity index (χ2n) is 35.0. The van der Waals surface area contributed by atoms with E-state index in [-0.39, 0.29) is 106 Å². The van der Waals surface area contributed by atoms with Gasteiger partial charge in [0.15, 0.2) is 0 Å². The van der Waals surface area contributed by atoms with Gasteiger partial charge in [-0.15, -0.1) is 149 Å². The molecule has 0 amide bonds. The Hall–Kier alpha value is -9.35. The van der Waals surface area contributed by atoms with E-state index in [4.69, 9.17) is 15.0 Å². The van der Waals surface area contributed by atoms with Crippen LogP contribution in [0.15, 0.2) is 207 Å². The molecule has 0 aliphatic rings. The maximum atomic E-state index is 14.4. The molecule has 16 heteroatoms. The van der Waals surface area contributed by atoms with Crippen molar-refractivity contribution in [1.29, 1.82) is 0 Å². The van der Waals surface area contributed by atoms with Crippen LogP contribution in [0.3, 0.4) is 0 Å². The van der Waals surface area contributed by atoms with E-state index in [9.17, 15) is 4.39 Å². The summed E-state index contributed by atoms with van der Waals surface area (Å²) in [5.41, 5.74) is 43.2. The first-order valence-electron chi connectivity index (χ1n) is 43.4. The SMILES string of the molecule is CC(C)c1cc(C(C)C)c(-c2cc(F)c[c-]c2-c2nccn2C)c(C(C)C)c1.CC(C)c1ccc[c-]c1-c1nccn1C.Cc1cc(C)c(-c2ccc[c-]c2-c2nc(-c3c(C)cccc3C)cn2C)c(C)c1.Cc1cc(C)c(-c2ccc[c-]c2-c2nc(C)c(C)n2C)c(C)c1.Cc1cc(C)c(-c2ccc[c-]c2-c2ncc(-c3c(C)cccc3C)n2C)c(C)c1.[Ir].[Ir].[Ir].[Ir].[Ir]. The van der Waals surface area contributed by atoms with E-state index >= 15 is 0 Å². The van der Waals surface area contributed by atoms with Crippen LogP contribution in [0.25, 0.3) is 124 Å². The molecule has 0 saturated heterocycles. The Morgan fingerprint density at radius 1 is 0.318 bits per heavy atom. The van der Waals surface area contributed by atoms with Gasteiger partial charge in [-0.25, -0.2) is 0 Å². The summed E-state index contributed by atoms with van der Waals surface area (Å²) in [5.74, 6) is 5.96. The quantitative estimate of drug-likeness (QED) is 0.0954. The van der Waals surface area contributed by atoms with E-state index < -0.39 is 0 Å². The minimum absolute atomic E-state index is 0. The van der Waals surface area contributed by atoms with Crippen molar-refractivity contribution in [1.82, 2.24) is 47.8 Å². The van der Waals surface area contributed by atoms with Crippen molar-refractivity contribution in [3.8, 4) is 124 Å². The van der Waals surface area contributed by atoms with Crippen molar-refractivity contribution >= 4 is 0 Å². The van der Waals surface area contributed by atoms with E-state index in [1.807, 2.05) is 78.3 Å². The molecule has 0 unspecified atom stereocenters. The van der Waals surface area contributed by atoms with E-state index in [2.05, 4.69) is 368 Å². The summed E-state index contributed by atoms with van der Waals surface area (Å²) in [4.78, 5) is 23.5. The number of rotatable bonds is 15. The molecule has 5 radical (unpaired) electrons. The molecule has 0 bridgehead atoms. The summed E-state index contributed by atoms with van der Waals surface area (Å²) in [6, 6.07) is 75.5. The molecule has 16 aromatic rings. The molecular weight excluding hydrogens is 2480 g/mol. The van der Waals surface area contributed by atoms with E-state index in [0.717, 1.165) is 85.1 Å². The third kappa shape index (κ3) is 23.8. The minimum Gasteiger partial charge on any atom is -0.373 e. The van der Waals surface area contributed by atoms with Gasteiger partial charge in [0.1, 0.15) is 0 Å². The van der Waals surface area contributed by atoms with Crippen LogP contribution in [-0.4, -0.2) is 47.8 Å². The van der Waals surface area contributed by atoms with Gasteiger partial charge in [0.05, 0.1) is 40.5 Å². The average Bonchev–Trinajstić information content (AvgIpc) is 1.63. The molecule has 0 aliphatic heterocycles. The fraction of sp³-hybridized carbons (Fsp3) is 0.283. The molecule has 5 heterocycles. The molecule has 0 aliphatic carbocycles. The van der Waals surface area contributed by atoms with E-state index in [1.54, 1.807) is 12.3 Å². The Morgan fingerprint density at radius 2 is 0.698 bits per heavy atom. The summed E-state index contributed by atoms with van der Waals surface area (Å²) >= 11 is 0. The van der Waals surface area contributed by atoms with Crippen LogP contribution in [0.4, 0.5) is 4.39 Å². The van der Waals surface area contributed by atoms with Gasteiger partial charge in [-0.2, -0.15) is 0 Å². The number of hydrogen-bond donors (Lipinski definition) is 0. The van der Waals surface area contributed by atoms with E-state index in [0.29, 0.717) is 23.7 Å². The van der Waals surface area contributed by atoms with Crippen LogP contribution in [0.5, 0.6) is 0 Å². The third-order valence-electron chi connectivity index (χ3n) is 23.9. The number of hydrogen-bond acceptors (Lipinski definition) is 5. The summed E-state index contributed by atoms with van der Waals surface area (Å²) in [5, 5.41) is 0. The summed E-state index contributed by atoms with van der Waals surface area (Å²) in [6.07, 6.45) is 11.6. The first-order valence-corrected chi connectivity index (χ1v) is 43.4. The first kappa shape index (κ1) is 107. The van der Waals surface area contributed by atoms with Crippen LogP contribution in [0.2, 0.25) is 0 Å². The predicted octanol–water partition coefficient (Wildman–Crippen LogP) is 28.7. The molecule has 681 valence electrons. The number of aryl methyl sites for hydroxylation is 17. The maximum absolute atomic E-state index is 14.4. The van der Waals surface area contributed by atoms with Gasteiger partial charge in [0.2, 0.25) is 0 Å². The zero-order valence-corrected chi connectivity index (χ0v) is 91.9. The van der Waals surface area contributed by atoms with Gasteiger partial charge >= 0.3 is 0 Å². The van der Waals surface area contributed by atoms with Crippen LogP contribution >= 0.6 is 0 Å². The van der Waals surface area contributed by atoms with Gasteiger partial charge in [-0.3, -0.25) is 29.3 Å². The van der Waals surface area contributed by atoms with Gasteiger partial charge < -0.3 is 22.8 Å². The topological polar surface area (TPSA) is 89.1 Å². The van der Waals surface area contributed by atoms with Crippen molar-refractivity contribution < 1.29 is 105 Å². The number of benzene rings is 11. The molecule has 0 N–H and O–H groups in total. The fourth-order valence-electron chi connectivity index (χ4n) is 17.8. The zero-order chi connectivity index (χ0) is 89.6. The van der Waals surface area contributed by atoms with Gasteiger partial charge in [-0.1, -0.05) is 241 Å². The van der Waals surface area contributed by atoms with Crippen LogP contribution in [-0.2, 0) is 136 Å². The minimum atomic E-state index is -0.273. The normalized spacial score (nSPS) is 10.8. The maximum Gasteiger partial charge on any atom is 0.0773 e. The summed E-state index contributed by atoms with van der Waals surface area (Å²) in [6.45, 7) is 50.0. The standard InChI is InChI=1S/2C27H27N2.C25H30FN2.C21H23N2.C13H15N2.5Ir/c1-17-14-20(4)25(21(5)15-17)22-12-7-8-13-23(22)27-28-24(16-29(27)6)26-18(2)10-9-11-19(26)3;1-17-14-20(4)25(21(5)15-17)22-12-7-8-13-23(22)27-28-16-24(29(27)6)26-18(2)10-9-11-19(26)3;1-15(2)18-12-21(16(3)4)24(22(13-18)17(5)6)23-14-19(26)8-9-20(23)25-27-10-11-28(25)7;1-13-11-14(2)20(15(3)12-13)18-9-7-8-10-19(18)21-22-16(4)17(5)23(21)6;1-10(2)11-6-4-5-7-12(11)13-14-8-9-15(13)3;;;;;/h2*7-12,14-16H,1-6H3;8,10-17H,1-7H3;7-9,11-12H,1-6H3;4-6,8-10H,1-3H3;;;;;/q5*-1;;;;;. The molecule has 16 rings (SSSR count). The predicted molar refractivity (Wildman–Crippen MR) is 517 cm³/mol. The largest absolute Gasteiger partial charge is 0.373 e. The number of imidazole rings is 5. The summed E-state index contributed by atoms with van der Waals surface area (Å²) < 4.78 is 24.8. The molecule has 10 nitrogen and oxygen atoms in total. The van der Waals surface area contributed by atoms with Gasteiger partial charge in [0.25, 0.3) is 0 Å². The van der Waals surface area contributed by atoms with Gasteiger partial charge in [-0.05, 0) is 161 Å². The van der Waals surface area contributed by atoms with Crippen molar-refractivity contribution in [2.45, 2.75) is 183 Å². The van der Waals surface area contributed by atoms with Crippen molar-refractivity contribution in [2.75, 3.05) is 0 Å². The van der Waals surface area contributed by atoms with E-state index in [1.165, 1.54) is 151 Å². The number of nitrogens with zero attached hydrogens (tertiary/aromatic N) is 10. The first-order chi connectivity index (χ1) is 59.0. The summed E-state index contributed by atoms with van der Waals surface area (Å²) in [7, 11) is 10.2. The molecule has 5 aromatic heterocycles. The Kier molecular flexibility index (Phi) is 38.6. The molecule has 0 spiro atoms. The number of aromatic nitrogens is 10. The third-order valence-corrected chi connectivity index (χ3v) is 23.9. The molecule has 0 fully saturated rings. The zero-order valence-electron chi connectivity index (χ0n) is 80.0. The Labute approximate surface area is 836 Å². The van der Waals surface area contributed by atoms with Crippen molar-refractivity contribution in [3.05, 3.63) is 349 Å². The van der Waals surface area contributed by atoms with Gasteiger partial charge in [0, 0.05) is 201 Å². The van der Waals surface area contributed by atoms with Crippen LogP contribution in [0, 0.1) is 140 Å². The molecular formula is C113H122FIr5N10-5. The Bertz CT molecular complexity index is 6320. The molecule has 129 heavy (non-hydrogen) atoms. The van der Waals surface area contributed by atoms with Crippen molar-refractivity contribution in [2.24, 2.45) is 35.2 Å². The monoisotopic (exact) mass is 2600 g/mol. The fourth-order valence-corrected chi connectivity index (χ4v) is 17.8. The van der Waals surface area contributed by atoms with Crippen molar-refractivity contribution in [3.63, 3.8) is 0 Å². The van der Waals surface area contributed by atoms with Crippen LogP contribution < -0.4 is 0 Å².